The van der Waals surface area contributed by atoms with Crippen molar-refractivity contribution < 1.29 is 0 Å². The first-order valence-corrected chi connectivity index (χ1v) is 10.6. The van der Waals surface area contributed by atoms with Crippen LogP contribution in [0.25, 0.3) is 21.5 Å². The molecule has 5 aromatic carbocycles. The Labute approximate surface area is 178 Å². The second-order valence-electron chi connectivity index (χ2n) is 8.11. The van der Waals surface area contributed by atoms with Gasteiger partial charge in [-0.2, -0.15) is 0 Å². The minimum atomic E-state index is 0.540. The molecule has 0 heterocycles. The fraction of sp³-hybridized carbons (Fsp3) is 0.103. The van der Waals surface area contributed by atoms with Crippen LogP contribution in [0.1, 0.15) is 25.3 Å². The van der Waals surface area contributed by atoms with E-state index >= 15 is 0 Å². The van der Waals surface area contributed by atoms with Gasteiger partial charge in [-0.15, -0.1) is 0 Å². The molecule has 5 aromatic rings. The van der Waals surface area contributed by atoms with Crippen LogP contribution in [0.4, 0.5) is 17.1 Å². The lowest BCUT2D eigenvalue weighted by molar-refractivity contribution is 0.869. The zero-order valence-electron chi connectivity index (χ0n) is 17.4. The van der Waals surface area contributed by atoms with Crippen molar-refractivity contribution in [2.75, 3.05) is 4.90 Å². The second-order valence-corrected chi connectivity index (χ2v) is 8.11. The second kappa shape index (κ2) is 7.68. The topological polar surface area (TPSA) is 3.24 Å². The first kappa shape index (κ1) is 18.4. The van der Waals surface area contributed by atoms with Crippen molar-refractivity contribution in [2.24, 2.45) is 0 Å². The van der Waals surface area contributed by atoms with Gasteiger partial charge in [0, 0.05) is 17.1 Å². The Hall–Kier alpha value is -3.58. The van der Waals surface area contributed by atoms with Gasteiger partial charge in [-0.25, -0.2) is 0 Å². The van der Waals surface area contributed by atoms with E-state index in [4.69, 9.17) is 0 Å². The first-order chi connectivity index (χ1) is 14.7. The zero-order valence-corrected chi connectivity index (χ0v) is 17.4. The summed E-state index contributed by atoms with van der Waals surface area (Å²) < 4.78 is 0. The minimum absolute atomic E-state index is 0.540. The Morgan fingerprint density at radius 2 is 1.03 bits per heavy atom. The van der Waals surface area contributed by atoms with Crippen LogP contribution in [-0.4, -0.2) is 0 Å². The summed E-state index contributed by atoms with van der Waals surface area (Å²) >= 11 is 0. The minimum Gasteiger partial charge on any atom is -0.310 e. The van der Waals surface area contributed by atoms with E-state index in [1.54, 1.807) is 0 Å². The fourth-order valence-corrected chi connectivity index (χ4v) is 4.18. The van der Waals surface area contributed by atoms with Crippen molar-refractivity contribution in [3.8, 4) is 0 Å². The first-order valence-electron chi connectivity index (χ1n) is 10.6. The number of benzene rings is 5. The van der Waals surface area contributed by atoms with Crippen molar-refractivity contribution in [1.82, 2.24) is 0 Å². The smallest absolute Gasteiger partial charge is 0.0468 e. The Kier molecular flexibility index (Phi) is 4.72. The summed E-state index contributed by atoms with van der Waals surface area (Å²) in [6, 6.07) is 39.3. The average Bonchev–Trinajstić information content (AvgIpc) is 2.80. The van der Waals surface area contributed by atoms with E-state index < -0.39 is 0 Å². The summed E-state index contributed by atoms with van der Waals surface area (Å²) in [5.41, 5.74) is 4.87. The van der Waals surface area contributed by atoms with E-state index in [0.717, 1.165) is 17.1 Å². The molecule has 0 spiro atoms. The van der Waals surface area contributed by atoms with Crippen LogP contribution < -0.4 is 4.90 Å². The molecular weight excluding hydrogens is 362 g/mol. The van der Waals surface area contributed by atoms with Gasteiger partial charge in [0.05, 0.1) is 0 Å². The Morgan fingerprint density at radius 3 is 1.60 bits per heavy atom. The van der Waals surface area contributed by atoms with E-state index in [-0.39, 0.29) is 0 Å². The molecule has 0 aliphatic carbocycles. The third-order valence-corrected chi connectivity index (χ3v) is 5.80. The molecule has 0 fully saturated rings. The number of hydrogen-bond acceptors (Lipinski definition) is 1. The predicted octanol–water partition coefficient (Wildman–Crippen LogP) is 8.59. The van der Waals surface area contributed by atoms with Crippen LogP contribution >= 0.6 is 0 Å². The molecule has 1 nitrogen and oxygen atoms in total. The van der Waals surface area contributed by atoms with Crippen molar-refractivity contribution >= 4 is 38.6 Å². The van der Waals surface area contributed by atoms with Gasteiger partial charge >= 0.3 is 0 Å². The molecule has 0 N–H and O–H groups in total. The van der Waals surface area contributed by atoms with E-state index in [2.05, 4.69) is 128 Å². The monoisotopic (exact) mass is 387 g/mol. The van der Waals surface area contributed by atoms with Crippen LogP contribution in [0.5, 0.6) is 0 Å². The van der Waals surface area contributed by atoms with E-state index in [0.29, 0.717) is 5.92 Å². The molecule has 0 aliphatic rings. The maximum absolute atomic E-state index is 2.33. The third-order valence-electron chi connectivity index (χ3n) is 5.80. The summed E-state index contributed by atoms with van der Waals surface area (Å²) in [7, 11) is 0. The molecule has 0 aliphatic heterocycles. The Balaban J connectivity index is 1.67. The van der Waals surface area contributed by atoms with Crippen molar-refractivity contribution in [1.29, 1.82) is 0 Å². The molecule has 0 radical (unpaired) electrons. The largest absolute Gasteiger partial charge is 0.310 e. The number of anilines is 3. The van der Waals surface area contributed by atoms with Crippen molar-refractivity contribution in [3.05, 3.63) is 115 Å². The molecule has 0 saturated carbocycles. The van der Waals surface area contributed by atoms with Gasteiger partial charge < -0.3 is 4.90 Å². The predicted molar refractivity (Wildman–Crippen MR) is 130 cm³/mol. The highest BCUT2D eigenvalue weighted by atomic mass is 15.1. The van der Waals surface area contributed by atoms with Crippen LogP contribution in [0.15, 0.2) is 109 Å². The van der Waals surface area contributed by atoms with E-state index in [1.165, 1.54) is 27.1 Å². The van der Waals surface area contributed by atoms with Gasteiger partial charge in [0.25, 0.3) is 0 Å². The SMILES string of the molecule is CC(C)c1ccc2c(ccc3cc(N(c4ccccc4)c4ccccc4)ccc32)c1. The highest BCUT2D eigenvalue weighted by Gasteiger charge is 2.13. The molecule has 0 saturated heterocycles. The maximum Gasteiger partial charge on any atom is 0.0468 e. The number of fused-ring (bicyclic) bond motifs is 3. The molecule has 0 aromatic heterocycles. The quantitative estimate of drug-likeness (QED) is 0.279. The van der Waals surface area contributed by atoms with Gasteiger partial charge in [-0.3, -0.25) is 0 Å². The molecule has 1 heteroatoms. The highest BCUT2D eigenvalue weighted by molar-refractivity contribution is 6.08. The summed E-state index contributed by atoms with van der Waals surface area (Å²) in [5.74, 6) is 0.540. The van der Waals surface area contributed by atoms with Gasteiger partial charge in [0.2, 0.25) is 0 Å². The Bertz CT molecular complexity index is 1260. The van der Waals surface area contributed by atoms with Crippen LogP contribution in [-0.2, 0) is 0 Å². The zero-order chi connectivity index (χ0) is 20.5. The van der Waals surface area contributed by atoms with Crippen LogP contribution in [0.3, 0.4) is 0 Å². The lowest BCUT2D eigenvalue weighted by atomic mass is 9.96. The number of nitrogens with zero attached hydrogens (tertiary/aromatic N) is 1. The molecule has 0 unspecified atom stereocenters. The summed E-state index contributed by atoms with van der Waals surface area (Å²) in [5, 5.41) is 5.18. The molecule has 146 valence electrons. The van der Waals surface area contributed by atoms with E-state index in [9.17, 15) is 0 Å². The van der Waals surface area contributed by atoms with Gasteiger partial charge in [0.1, 0.15) is 0 Å². The number of hydrogen-bond donors (Lipinski definition) is 0. The fourth-order valence-electron chi connectivity index (χ4n) is 4.18. The molecule has 30 heavy (non-hydrogen) atoms. The number of rotatable bonds is 4. The van der Waals surface area contributed by atoms with Gasteiger partial charge in [-0.1, -0.05) is 86.6 Å². The highest BCUT2D eigenvalue weighted by Crippen LogP contribution is 2.37. The maximum atomic E-state index is 2.33. The normalized spacial score (nSPS) is 11.3. The average molecular weight is 388 g/mol. The van der Waals surface area contributed by atoms with Crippen LogP contribution in [0, 0.1) is 0 Å². The Morgan fingerprint density at radius 1 is 0.500 bits per heavy atom. The standard InChI is InChI=1S/C29H25N/c1-21(2)22-15-17-28-23(19-22)13-14-24-20-27(16-18-29(24)28)30(25-9-5-3-6-10-25)26-11-7-4-8-12-26/h3-21H,1-2H3. The van der Waals surface area contributed by atoms with Crippen molar-refractivity contribution in [2.45, 2.75) is 19.8 Å². The summed E-state index contributed by atoms with van der Waals surface area (Å²) in [6.07, 6.45) is 0. The number of para-hydroxylation sites is 2. The molecule has 5 rings (SSSR count). The molecule has 0 atom stereocenters. The van der Waals surface area contributed by atoms with Crippen molar-refractivity contribution in [3.63, 3.8) is 0 Å². The summed E-state index contributed by atoms with van der Waals surface area (Å²) in [4.78, 5) is 2.31. The van der Waals surface area contributed by atoms with Crippen LogP contribution in [0.2, 0.25) is 0 Å². The van der Waals surface area contributed by atoms with E-state index in [1.807, 2.05) is 0 Å². The summed E-state index contributed by atoms with van der Waals surface area (Å²) in [6.45, 7) is 4.49. The van der Waals surface area contributed by atoms with Gasteiger partial charge in [-0.05, 0) is 69.4 Å². The lowest BCUT2D eigenvalue weighted by Gasteiger charge is -2.25. The third kappa shape index (κ3) is 3.33. The molecule has 0 bridgehead atoms. The molecular formula is C29H25N. The van der Waals surface area contributed by atoms with Gasteiger partial charge in [0.15, 0.2) is 0 Å². The molecule has 0 amide bonds. The lowest BCUT2D eigenvalue weighted by Crippen LogP contribution is -2.09.